The Morgan fingerprint density at radius 3 is 2.78 bits per heavy atom. The number of hydrogen-bond donors (Lipinski definition) is 0. The van der Waals surface area contributed by atoms with Gasteiger partial charge >= 0.3 is 5.97 Å². The topological polar surface area (TPSA) is 26.3 Å². The lowest BCUT2D eigenvalue weighted by atomic mass is 9.78. The molecule has 1 aromatic rings. The molecule has 1 aromatic carbocycles. The molecule has 0 spiro atoms. The van der Waals surface area contributed by atoms with Gasteiger partial charge in [-0.2, -0.15) is 0 Å². The molecule has 0 N–H and O–H groups in total. The Kier molecular flexibility index (Phi) is 4.12. The van der Waals surface area contributed by atoms with Gasteiger partial charge in [0.05, 0.1) is 12.5 Å². The first kappa shape index (κ1) is 13.2. The van der Waals surface area contributed by atoms with E-state index < -0.39 is 5.41 Å². The van der Waals surface area contributed by atoms with Crippen LogP contribution < -0.4 is 0 Å². The van der Waals surface area contributed by atoms with E-state index in [1.54, 1.807) is 11.8 Å². The molecule has 2 rings (SSSR count). The van der Waals surface area contributed by atoms with Crippen molar-refractivity contribution in [1.29, 1.82) is 0 Å². The van der Waals surface area contributed by atoms with Gasteiger partial charge in [0.2, 0.25) is 0 Å². The van der Waals surface area contributed by atoms with Crippen LogP contribution in [0.15, 0.2) is 47.4 Å². The Morgan fingerprint density at radius 2 is 2.11 bits per heavy atom. The van der Waals surface area contributed by atoms with Crippen molar-refractivity contribution in [3.8, 4) is 0 Å². The average Bonchev–Trinajstić information content (AvgIpc) is 2.42. The number of benzene rings is 1. The van der Waals surface area contributed by atoms with E-state index in [0.29, 0.717) is 0 Å². The second-order valence-electron chi connectivity index (χ2n) is 4.73. The van der Waals surface area contributed by atoms with Gasteiger partial charge in [-0.25, -0.2) is 0 Å². The van der Waals surface area contributed by atoms with Gasteiger partial charge in [-0.05, 0) is 31.9 Å². The molecule has 0 bridgehead atoms. The minimum atomic E-state index is -0.427. The van der Waals surface area contributed by atoms with E-state index in [-0.39, 0.29) is 11.2 Å². The third-order valence-corrected chi connectivity index (χ3v) is 4.90. The van der Waals surface area contributed by atoms with E-state index in [1.165, 1.54) is 12.0 Å². The number of allylic oxidation sites excluding steroid dienone is 1. The molecule has 18 heavy (non-hydrogen) atoms. The van der Waals surface area contributed by atoms with Crippen LogP contribution in [0.1, 0.15) is 19.8 Å². The first-order valence-corrected chi connectivity index (χ1v) is 7.01. The first-order valence-electron chi connectivity index (χ1n) is 6.13. The molecule has 0 fully saturated rings. The van der Waals surface area contributed by atoms with E-state index in [2.05, 4.69) is 24.3 Å². The van der Waals surface area contributed by atoms with Crippen LogP contribution in [-0.4, -0.2) is 18.3 Å². The van der Waals surface area contributed by atoms with E-state index in [4.69, 9.17) is 4.74 Å². The Labute approximate surface area is 112 Å². The van der Waals surface area contributed by atoms with Crippen LogP contribution in [0, 0.1) is 5.41 Å². The van der Waals surface area contributed by atoms with Crippen molar-refractivity contribution in [2.75, 3.05) is 7.11 Å². The maximum absolute atomic E-state index is 12.0. The number of carbonyl (C=O) groups excluding carboxylic acids is 1. The average molecular weight is 262 g/mol. The summed E-state index contributed by atoms with van der Waals surface area (Å²) in [5, 5.41) is 0.140. The molecule has 2 unspecified atom stereocenters. The highest BCUT2D eigenvalue weighted by molar-refractivity contribution is 8.00. The minimum Gasteiger partial charge on any atom is -0.469 e. The Hall–Kier alpha value is -1.22. The number of rotatable bonds is 3. The standard InChI is InChI=1S/C15H18O2S/c1-15(14(16)17-2)11-7-6-10-13(15)18-12-8-4-3-5-9-12/h3-6,8-10,13H,7,11H2,1-2H3. The highest BCUT2D eigenvalue weighted by atomic mass is 32.2. The smallest absolute Gasteiger partial charge is 0.312 e. The molecule has 1 aliphatic carbocycles. The predicted molar refractivity (Wildman–Crippen MR) is 74.6 cm³/mol. The second kappa shape index (κ2) is 5.61. The van der Waals surface area contributed by atoms with E-state index >= 15 is 0 Å². The molecule has 0 saturated heterocycles. The third-order valence-electron chi connectivity index (χ3n) is 3.43. The van der Waals surface area contributed by atoms with E-state index in [1.807, 2.05) is 25.1 Å². The van der Waals surface area contributed by atoms with Gasteiger partial charge in [0.15, 0.2) is 0 Å². The van der Waals surface area contributed by atoms with Gasteiger partial charge in [-0.1, -0.05) is 30.4 Å². The zero-order valence-corrected chi connectivity index (χ0v) is 11.6. The highest BCUT2D eigenvalue weighted by Gasteiger charge is 2.42. The van der Waals surface area contributed by atoms with E-state index in [9.17, 15) is 4.79 Å². The van der Waals surface area contributed by atoms with Gasteiger partial charge in [0.25, 0.3) is 0 Å². The lowest BCUT2D eigenvalue weighted by Gasteiger charge is -2.35. The fraction of sp³-hybridized carbons (Fsp3) is 0.400. The molecule has 2 nitrogen and oxygen atoms in total. The summed E-state index contributed by atoms with van der Waals surface area (Å²) in [6, 6.07) is 10.2. The van der Waals surface area contributed by atoms with Gasteiger partial charge in [-0.3, -0.25) is 4.79 Å². The number of methoxy groups -OCH3 is 1. The van der Waals surface area contributed by atoms with E-state index in [0.717, 1.165) is 12.8 Å². The van der Waals surface area contributed by atoms with Gasteiger partial charge in [0, 0.05) is 10.1 Å². The predicted octanol–water partition coefficient (Wildman–Crippen LogP) is 3.68. The summed E-state index contributed by atoms with van der Waals surface area (Å²) in [4.78, 5) is 13.2. The minimum absolute atomic E-state index is 0.111. The number of esters is 1. The highest BCUT2D eigenvalue weighted by Crippen LogP contribution is 2.43. The van der Waals surface area contributed by atoms with Crippen molar-refractivity contribution in [1.82, 2.24) is 0 Å². The van der Waals surface area contributed by atoms with Crippen LogP contribution in [0.5, 0.6) is 0 Å². The maximum atomic E-state index is 12.0. The van der Waals surface area contributed by atoms with Crippen LogP contribution in [0.25, 0.3) is 0 Å². The van der Waals surface area contributed by atoms with Crippen molar-refractivity contribution in [3.05, 3.63) is 42.5 Å². The van der Waals surface area contributed by atoms with Crippen LogP contribution in [0.2, 0.25) is 0 Å². The number of hydrogen-bond acceptors (Lipinski definition) is 3. The summed E-state index contributed by atoms with van der Waals surface area (Å²) in [6.07, 6.45) is 6.08. The maximum Gasteiger partial charge on any atom is 0.312 e. The van der Waals surface area contributed by atoms with Crippen LogP contribution in [0.4, 0.5) is 0 Å². The molecular weight excluding hydrogens is 244 g/mol. The molecule has 0 aliphatic heterocycles. The molecule has 0 saturated carbocycles. The molecule has 96 valence electrons. The summed E-state index contributed by atoms with van der Waals surface area (Å²) < 4.78 is 4.97. The first-order chi connectivity index (χ1) is 8.66. The fourth-order valence-electron chi connectivity index (χ4n) is 2.22. The summed E-state index contributed by atoms with van der Waals surface area (Å²) in [7, 11) is 1.47. The molecule has 0 heterocycles. The summed E-state index contributed by atoms with van der Waals surface area (Å²) >= 11 is 1.73. The number of carbonyl (C=O) groups is 1. The molecule has 0 radical (unpaired) electrons. The van der Waals surface area contributed by atoms with Crippen molar-refractivity contribution in [2.24, 2.45) is 5.41 Å². The molecular formula is C15H18O2S. The molecule has 0 amide bonds. The van der Waals surface area contributed by atoms with Crippen molar-refractivity contribution in [2.45, 2.75) is 29.9 Å². The second-order valence-corrected chi connectivity index (χ2v) is 5.94. The van der Waals surface area contributed by atoms with Crippen molar-refractivity contribution < 1.29 is 9.53 Å². The molecule has 2 atom stereocenters. The molecule has 0 aromatic heterocycles. The SMILES string of the molecule is COC(=O)C1(C)CCC=CC1Sc1ccccc1. The normalized spacial score (nSPS) is 26.9. The summed E-state index contributed by atoms with van der Waals surface area (Å²) in [6.45, 7) is 2.00. The van der Waals surface area contributed by atoms with Crippen LogP contribution in [0.3, 0.4) is 0 Å². The summed E-state index contributed by atoms with van der Waals surface area (Å²) in [5.41, 5.74) is -0.427. The van der Waals surface area contributed by atoms with Crippen LogP contribution >= 0.6 is 11.8 Å². The fourth-order valence-corrected chi connectivity index (χ4v) is 3.50. The number of ether oxygens (including phenoxy) is 1. The van der Waals surface area contributed by atoms with Gasteiger partial charge in [-0.15, -0.1) is 11.8 Å². The monoisotopic (exact) mass is 262 g/mol. The molecule has 3 heteroatoms. The Balaban J connectivity index is 2.21. The zero-order valence-electron chi connectivity index (χ0n) is 10.8. The zero-order chi connectivity index (χ0) is 13.0. The van der Waals surface area contributed by atoms with Crippen molar-refractivity contribution in [3.63, 3.8) is 0 Å². The number of thioether (sulfide) groups is 1. The Bertz CT molecular complexity index is 441. The summed E-state index contributed by atoms with van der Waals surface area (Å²) in [5.74, 6) is -0.111. The van der Waals surface area contributed by atoms with Gasteiger partial charge < -0.3 is 4.74 Å². The van der Waals surface area contributed by atoms with Gasteiger partial charge in [0.1, 0.15) is 0 Å². The van der Waals surface area contributed by atoms with Crippen molar-refractivity contribution >= 4 is 17.7 Å². The lowest BCUT2D eigenvalue weighted by Crippen LogP contribution is -2.39. The molecule has 1 aliphatic rings. The Morgan fingerprint density at radius 1 is 1.39 bits per heavy atom. The lowest BCUT2D eigenvalue weighted by molar-refractivity contribution is -0.151. The quantitative estimate of drug-likeness (QED) is 0.614. The third kappa shape index (κ3) is 2.61. The van der Waals surface area contributed by atoms with Crippen LogP contribution in [-0.2, 0) is 9.53 Å². The largest absolute Gasteiger partial charge is 0.469 e.